The maximum Gasteiger partial charge on any atom is 0.387 e. The highest BCUT2D eigenvalue weighted by Crippen LogP contribution is 2.22. The molecule has 82 valence electrons. The summed E-state index contributed by atoms with van der Waals surface area (Å²) in [4.78, 5) is 0. The van der Waals surface area contributed by atoms with Gasteiger partial charge in [-0.1, -0.05) is 6.58 Å². The largest absolute Gasteiger partial charge is 0.435 e. The Labute approximate surface area is 85.2 Å². The quantitative estimate of drug-likeness (QED) is 0.840. The van der Waals surface area contributed by atoms with Crippen molar-refractivity contribution >= 4 is 5.57 Å². The van der Waals surface area contributed by atoms with Crippen LogP contribution in [0.4, 0.5) is 13.2 Å². The molecule has 0 saturated heterocycles. The molecule has 2 N–H and O–H groups in total. The molecule has 0 fully saturated rings. The molecule has 0 bridgehead atoms. The Balaban J connectivity index is 2.93. The topological polar surface area (TPSA) is 35.2 Å². The van der Waals surface area contributed by atoms with Crippen molar-refractivity contribution in [2.75, 3.05) is 6.54 Å². The van der Waals surface area contributed by atoms with Crippen molar-refractivity contribution in [3.05, 3.63) is 36.2 Å². The third-order valence-corrected chi connectivity index (χ3v) is 1.79. The Morgan fingerprint density at radius 2 is 2.13 bits per heavy atom. The van der Waals surface area contributed by atoms with Crippen LogP contribution in [0.15, 0.2) is 24.8 Å². The van der Waals surface area contributed by atoms with E-state index in [2.05, 4.69) is 11.3 Å². The summed E-state index contributed by atoms with van der Waals surface area (Å²) in [6.45, 7) is 0.679. The van der Waals surface area contributed by atoms with E-state index in [4.69, 9.17) is 5.73 Å². The Morgan fingerprint density at radius 1 is 1.47 bits per heavy atom. The van der Waals surface area contributed by atoms with Gasteiger partial charge in [-0.05, 0) is 17.7 Å². The van der Waals surface area contributed by atoms with Gasteiger partial charge in [-0.25, -0.2) is 4.39 Å². The fraction of sp³-hybridized carbons (Fsp3) is 0.200. The smallest absolute Gasteiger partial charge is 0.387 e. The standard InChI is InChI=1S/C10H10F3NO/c1-6(5-14)8-3-2-7(4-9(8)11)15-10(12)13/h2-4,10H,1,5,14H2. The van der Waals surface area contributed by atoms with Crippen LogP contribution in [0.3, 0.4) is 0 Å². The molecule has 0 spiro atoms. The van der Waals surface area contributed by atoms with Gasteiger partial charge in [0.05, 0.1) is 0 Å². The third-order valence-electron chi connectivity index (χ3n) is 1.79. The van der Waals surface area contributed by atoms with Gasteiger partial charge in [0, 0.05) is 18.2 Å². The summed E-state index contributed by atoms with van der Waals surface area (Å²) in [5.74, 6) is -0.903. The van der Waals surface area contributed by atoms with Gasteiger partial charge in [0.25, 0.3) is 0 Å². The molecule has 0 heterocycles. The maximum atomic E-state index is 13.3. The minimum absolute atomic E-state index is 0.103. The molecule has 1 rings (SSSR count). The Morgan fingerprint density at radius 3 is 2.60 bits per heavy atom. The fourth-order valence-electron chi connectivity index (χ4n) is 1.07. The first-order valence-corrected chi connectivity index (χ1v) is 4.17. The Kier molecular flexibility index (Phi) is 3.74. The summed E-state index contributed by atoms with van der Waals surface area (Å²) in [6, 6.07) is 3.43. The van der Waals surface area contributed by atoms with E-state index < -0.39 is 12.4 Å². The van der Waals surface area contributed by atoms with E-state index in [-0.39, 0.29) is 17.9 Å². The van der Waals surface area contributed by atoms with E-state index in [1.165, 1.54) is 12.1 Å². The SMILES string of the molecule is C=C(CN)c1ccc(OC(F)F)cc1F. The van der Waals surface area contributed by atoms with E-state index in [9.17, 15) is 13.2 Å². The second-order valence-corrected chi connectivity index (χ2v) is 2.83. The first-order valence-electron chi connectivity index (χ1n) is 4.17. The molecule has 0 amide bonds. The van der Waals surface area contributed by atoms with Crippen molar-refractivity contribution in [1.29, 1.82) is 0 Å². The van der Waals surface area contributed by atoms with Gasteiger partial charge >= 0.3 is 6.61 Å². The van der Waals surface area contributed by atoms with Gasteiger partial charge in [-0.3, -0.25) is 0 Å². The van der Waals surface area contributed by atoms with E-state index in [0.717, 1.165) is 6.07 Å². The molecule has 2 nitrogen and oxygen atoms in total. The first kappa shape index (κ1) is 11.6. The molecule has 0 aliphatic carbocycles. The summed E-state index contributed by atoms with van der Waals surface area (Å²) in [6.07, 6.45) is 0. The number of hydrogen-bond acceptors (Lipinski definition) is 2. The first-order chi connectivity index (χ1) is 7.04. The molecule has 15 heavy (non-hydrogen) atoms. The van der Waals surface area contributed by atoms with Crippen molar-refractivity contribution in [3.8, 4) is 5.75 Å². The molecule has 0 radical (unpaired) electrons. The zero-order valence-corrected chi connectivity index (χ0v) is 7.84. The summed E-state index contributed by atoms with van der Waals surface area (Å²) < 4.78 is 40.9. The van der Waals surface area contributed by atoms with E-state index >= 15 is 0 Å². The van der Waals surface area contributed by atoms with Gasteiger partial charge in [0.1, 0.15) is 11.6 Å². The van der Waals surface area contributed by atoms with Gasteiger partial charge < -0.3 is 10.5 Å². The van der Waals surface area contributed by atoms with Crippen molar-refractivity contribution < 1.29 is 17.9 Å². The highest BCUT2D eigenvalue weighted by atomic mass is 19.3. The molecular weight excluding hydrogens is 207 g/mol. The van der Waals surface area contributed by atoms with Crippen LogP contribution in [-0.4, -0.2) is 13.2 Å². The van der Waals surface area contributed by atoms with Crippen molar-refractivity contribution in [2.45, 2.75) is 6.61 Å². The van der Waals surface area contributed by atoms with Crippen LogP contribution in [0.5, 0.6) is 5.75 Å². The summed E-state index contributed by atoms with van der Waals surface area (Å²) in [7, 11) is 0. The third kappa shape index (κ3) is 2.99. The molecule has 1 aromatic carbocycles. The summed E-state index contributed by atoms with van der Waals surface area (Å²) >= 11 is 0. The fourth-order valence-corrected chi connectivity index (χ4v) is 1.07. The van der Waals surface area contributed by atoms with Crippen LogP contribution in [0.25, 0.3) is 5.57 Å². The molecule has 0 aromatic heterocycles. The van der Waals surface area contributed by atoms with Crippen LogP contribution in [0, 0.1) is 5.82 Å². The lowest BCUT2D eigenvalue weighted by Gasteiger charge is -2.08. The monoisotopic (exact) mass is 217 g/mol. The number of alkyl halides is 2. The van der Waals surface area contributed by atoms with Gasteiger partial charge in [0.2, 0.25) is 0 Å². The second-order valence-electron chi connectivity index (χ2n) is 2.83. The predicted octanol–water partition coefficient (Wildman–Crippen LogP) is 2.40. The number of halogens is 3. The molecule has 0 aliphatic rings. The number of nitrogens with two attached hydrogens (primary N) is 1. The zero-order valence-electron chi connectivity index (χ0n) is 7.84. The molecule has 0 atom stereocenters. The van der Waals surface area contributed by atoms with Crippen molar-refractivity contribution in [1.82, 2.24) is 0 Å². The molecule has 5 heteroatoms. The minimum atomic E-state index is -2.96. The molecule has 0 saturated carbocycles. The van der Waals surface area contributed by atoms with Crippen LogP contribution >= 0.6 is 0 Å². The average molecular weight is 217 g/mol. The van der Waals surface area contributed by atoms with Gasteiger partial charge in [0.15, 0.2) is 0 Å². The Hall–Kier alpha value is -1.49. The van der Waals surface area contributed by atoms with Gasteiger partial charge in [-0.15, -0.1) is 0 Å². The van der Waals surface area contributed by atoms with Crippen LogP contribution in [0.1, 0.15) is 5.56 Å². The van der Waals surface area contributed by atoms with Crippen LogP contribution < -0.4 is 10.5 Å². The number of hydrogen-bond donors (Lipinski definition) is 1. The predicted molar refractivity (Wildman–Crippen MR) is 51.1 cm³/mol. The highest BCUT2D eigenvalue weighted by Gasteiger charge is 2.09. The van der Waals surface area contributed by atoms with Gasteiger partial charge in [-0.2, -0.15) is 8.78 Å². The zero-order chi connectivity index (χ0) is 11.4. The average Bonchev–Trinajstić information content (AvgIpc) is 2.16. The molecule has 0 aliphatic heterocycles. The van der Waals surface area contributed by atoms with Crippen molar-refractivity contribution in [3.63, 3.8) is 0 Å². The van der Waals surface area contributed by atoms with E-state index in [0.29, 0.717) is 5.57 Å². The number of rotatable bonds is 4. The molecule has 0 unspecified atom stereocenters. The minimum Gasteiger partial charge on any atom is -0.435 e. The van der Waals surface area contributed by atoms with E-state index in [1.807, 2.05) is 0 Å². The lowest BCUT2D eigenvalue weighted by atomic mass is 10.1. The number of benzene rings is 1. The Bertz CT molecular complexity index is 366. The van der Waals surface area contributed by atoms with Crippen LogP contribution in [0.2, 0.25) is 0 Å². The van der Waals surface area contributed by atoms with Crippen LogP contribution in [-0.2, 0) is 0 Å². The normalized spacial score (nSPS) is 10.5. The van der Waals surface area contributed by atoms with E-state index in [1.54, 1.807) is 0 Å². The maximum absolute atomic E-state index is 13.3. The molecular formula is C10H10F3NO. The number of ether oxygens (including phenoxy) is 1. The highest BCUT2D eigenvalue weighted by molar-refractivity contribution is 5.65. The second kappa shape index (κ2) is 4.84. The molecule has 1 aromatic rings. The van der Waals surface area contributed by atoms with Crippen molar-refractivity contribution in [2.24, 2.45) is 5.73 Å². The lowest BCUT2D eigenvalue weighted by molar-refractivity contribution is -0.0499. The lowest BCUT2D eigenvalue weighted by Crippen LogP contribution is -2.05. The summed E-state index contributed by atoms with van der Waals surface area (Å²) in [5.41, 5.74) is 5.88. The summed E-state index contributed by atoms with van der Waals surface area (Å²) in [5, 5.41) is 0.